The zero-order chi connectivity index (χ0) is 10.7. The fourth-order valence-corrected chi connectivity index (χ4v) is 2.15. The van der Waals surface area contributed by atoms with Crippen molar-refractivity contribution < 1.29 is 0 Å². The molecule has 1 aliphatic carbocycles. The number of nitrogens with one attached hydrogen (secondary N) is 1. The summed E-state index contributed by atoms with van der Waals surface area (Å²) in [6, 6.07) is 2.40. The predicted molar refractivity (Wildman–Crippen MR) is 62.1 cm³/mol. The van der Waals surface area contributed by atoms with E-state index < -0.39 is 0 Å². The summed E-state index contributed by atoms with van der Waals surface area (Å²) in [7, 11) is 0. The highest BCUT2D eigenvalue weighted by Gasteiger charge is 2.25. The van der Waals surface area contributed by atoms with Crippen molar-refractivity contribution in [3.63, 3.8) is 0 Å². The van der Waals surface area contributed by atoms with E-state index in [4.69, 9.17) is 11.6 Å². The number of halogens is 1. The van der Waals surface area contributed by atoms with Gasteiger partial charge in [0.05, 0.1) is 0 Å². The third-order valence-electron chi connectivity index (χ3n) is 3.12. The van der Waals surface area contributed by atoms with E-state index in [-0.39, 0.29) is 0 Å². The molecule has 0 spiro atoms. The molecule has 1 N–H and O–H groups in total. The fourth-order valence-electron chi connectivity index (χ4n) is 2.00. The first-order chi connectivity index (χ1) is 7.29. The lowest BCUT2D eigenvalue weighted by atomic mass is 9.79. The first kappa shape index (κ1) is 10.7. The quantitative estimate of drug-likeness (QED) is 0.801. The van der Waals surface area contributed by atoms with Crippen LogP contribution in [0.3, 0.4) is 0 Å². The van der Waals surface area contributed by atoms with E-state index in [1.165, 1.54) is 19.3 Å². The Kier molecular flexibility index (Phi) is 3.41. The lowest BCUT2D eigenvalue weighted by molar-refractivity contribution is 0.270. The summed E-state index contributed by atoms with van der Waals surface area (Å²) in [6.07, 6.45) is 6.86. The molecule has 2 rings (SSSR count). The molecule has 0 radical (unpaired) electrons. The van der Waals surface area contributed by atoms with Crippen molar-refractivity contribution in [1.82, 2.24) is 9.97 Å². The van der Waals surface area contributed by atoms with Gasteiger partial charge in [-0.3, -0.25) is 0 Å². The molecule has 1 aliphatic rings. The summed E-state index contributed by atoms with van der Waals surface area (Å²) in [5.41, 5.74) is 0. The molecule has 1 heterocycles. The van der Waals surface area contributed by atoms with E-state index in [0.29, 0.717) is 11.3 Å². The maximum absolute atomic E-state index is 5.74. The Labute approximate surface area is 95.3 Å². The molecular weight excluding hydrogens is 210 g/mol. The summed E-state index contributed by atoms with van der Waals surface area (Å²) >= 11 is 5.74. The van der Waals surface area contributed by atoms with Crippen molar-refractivity contribution >= 4 is 17.4 Å². The van der Waals surface area contributed by atoms with Gasteiger partial charge in [0.25, 0.3) is 0 Å². The topological polar surface area (TPSA) is 37.8 Å². The molecule has 0 saturated heterocycles. The molecule has 1 atom stereocenters. The van der Waals surface area contributed by atoms with Gasteiger partial charge in [0.2, 0.25) is 5.28 Å². The Bertz CT molecular complexity index is 325. The number of nitrogens with zero attached hydrogens (tertiary/aromatic N) is 2. The number of hydrogen-bond acceptors (Lipinski definition) is 3. The minimum absolute atomic E-state index is 0.309. The average Bonchev–Trinajstić information content (AvgIpc) is 2.14. The normalized spacial score (nSPS) is 18.3. The van der Waals surface area contributed by atoms with Gasteiger partial charge in [-0.15, -0.1) is 0 Å². The van der Waals surface area contributed by atoms with Crippen molar-refractivity contribution in [2.75, 3.05) is 5.32 Å². The molecule has 0 amide bonds. The van der Waals surface area contributed by atoms with Gasteiger partial charge in [-0.1, -0.05) is 13.3 Å². The molecule has 1 fully saturated rings. The monoisotopic (exact) mass is 225 g/mol. The second-order valence-corrected chi connectivity index (χ2v) is 4.40. The highest BCUT2D eigenvalue weighted by molar-refractivity contribution is 6.28. The minimum Gasteiger partial charge on any atom is -0.367 e. The minimum atomic E-state index is 0.309. The lowest BCUT2D eigenvalue weighted by Gasteiger charge is -2.34. The molecule has 15 heavy (non-hydrogen) atoms. The molecule has 0 bridgehead atoms. The van der Waals surface area contributed by atoms with Crippen LogP contribution in [0.5, 0.6) is 0 Å². The largest absolute Gasteiger partial charge is 0.367 e. The number of hydrogen-bond donors (Lipinski definition) is 1. The zero-order valence-corrected chi connectivity index (χ0v) is 9.67. The summed E-state index contributed by atoms with van der Waals surface area (Å²) in [5.74, 6) is 1.65. The maximum Gasteiger partial charge on any atom is 0.224 e. The van der Waals surface area contributed by atoms with E-state index >= 15 is 0 Å². The molecular formula is C11H16ClN3. The first-order valence-electron chi connectivity index (χ1n) is 5.54. The Morgan fingerprint density at radius 2 is 2.40 bits per heavy atom. The average molecular weight is 226 g/mol. The van der Waals surface area contributed by atoms with Gasteiger partial charge in [-0.2, -0.15) is 0 Å². The second kappa shape index (κ2) is 4.79. The highest BCUT2D eigenvalue weighted by atomic mass is 35.5. The van der Waals surface area contributed by atoms with Gasteiger partial charge in [0, 0.05) is 12.2 Å². The predicted octanol–water partition coefficient (Wildman–Crippen LogP) is 3.12. The van der Waals surface area contributed by atoms with E-state index in [0.717, 1.165) is 18.2 Å². The van der Waals surface area contributed by atoms with Crippen molar-refractivity contribution in [2.24, 2.45) is 5.92 Å². The summed E-state index contributed by atoms with van der Waals surface area (Å²) in [5, 5.41) is 3.74. The Morgan fingerprint density at radius 1 is 1.60 bits per heavy atom. The van der Waals surface area contributed by atoms with Gasteiger partial charge in [-0.05, 0) is 42.8 Å². The van der Waals surface area contributed by atoms with Crippen LogP contribution in [0.2, 0.25) is 5.28 Å². The van der Waals surface area contributed by atoms with Crippen LogP contribution in [0.15, 0.2) is 12.3 Å². The van der Waals surface area contributed by atoms with Crippen LogP contribution in [-0.4, -0.2) is 16.0 Å². The maximum atomic E-state index is 5.74. The van der Waals surface area contributed by atoms with Crippen molar-refractivity contribution in [3.05, 3.63) is 17.5 Å². The van der Waals surface area contributed by atoms with E-state index in [9.17, 15) is 0 Å². The van der Waals surface area contributed by atoms with Crippen LogP contribution in [-0.2, 0) is 0 Å². The van der Waals surface area contributed by atoms with Crippen LogP contribution in [0.25, 0.3) is 0 Å². The van der Waals surface area contributed by atoms with Gasteiger partial charge < -0.3 is 5.32 Å². The van der Waals surface area contributed by atoms with E-state index in [1.807, 2.05) is 6.07 Å². The molecule has 0 aliphatic heterocycles. The number of anilines is 1. The Balaban J connectivity index is 1.99. The van der Waals surface area contributed by atoms with Crippen LogP contribution in [0.1, 0.15) is 32.6 Å². The summed E-state index contributed by atoms with van der Waals surface area (Å²) < 4.78 is 0. The van der Waals surface area contributed by atoms with Crippen LogP contribution >= 0.6 is 11.6 Å². The van der Waals surface area contributed by atoms with Crippen LogP contribution < -0.4 is 5.32 Å². The Hall–Kier alpha value is -0.830. The van der Waals surface area contributed by atoms with Crippen LogP contribution in [0.4, 0.5) is 5.82 Å². The highest BCUT2D eigenvalue weighted by Crippen LogP contribution is 2.32. The Morgan fingerprint density at radius 3 is 2.93 bits per heavy atom. The van der Waals surface area contributed by atoms with E-state index in [2.05, 4.69) is 22.2 Å². The fraction of sp³-hybridized carbons (Fsp3) is 0.636. The molecule has 0 aromatic carbocycles. The van der Waals surface area contributed by atoms with Gasteiger partial charge >= 0.3 is 0 Å². The summed E-state index contributed by atoms with van der Waals surface area (Å²) in [6.45, 7) is 2.21. The van der Waals surface area contributed by atoms with Crippen molar-refractivity contribution in [1.29, 1.82) is 0 Å². The first-order valence-corrected chi connectivity index (χ1v) is 5.92. The third kappa shape index (κ3) is 2.59. The molecule has 1 unspecified atom stereocenters. The summed E-state index contributed by atoms with van der Waals surface area (Å²) in [4.78, 5) is 8.01. The van der Waals surface area contributed by atoms with Crippen LogP contribution in [0, 0.1) is 5.92 Å². The second-order valence-electron chi connectivity index (χ2n) is 4.06. The van der Waals surface area contributed by atoms with Gasteiger partial charge in [-0.25, -0.2) is 9.97 Å². The SMILES string of the molecule is CCC(Nc1ccnc(Cl)n1)C1CCC1. The molecule has 1 aromatic heterocycles. The van der Waals surface area contributed by atoms with E-state index in [1.54, 1.807) is 6.20 Å². The number of aromatic nitrogens is 2. The molecule has 82 valence electrons. The molecule has 4 heteroatoms. The van der Waals surface area contributed by atoms with Crippen molar-refractivity contribution in [2.45, 2.75) is 38.6 Å². The van der Waals surface area contributed by atoms with Gasteiger partial charge in [0.1, 0.15) is 5.82 Å². The molecule has 1 saturated carbocycles. The third-order valence-corrected chi connectivity index (χ3v) is 3.30. The van der Waals surface area contributed by atoms with Gasteiger partial charge in [0.15, 0.2) is 0 Å². The lowest BCUT2D eigenvalue weighted by Crippen LogP contribution is -2.33. The molecule has 1 aromatic rings. The molecule has 3 nitrogen and oxygen atoms in total. The van der Waals surface area contributed by atoms with Crippen molar-refractivity contribution in [3.8, 4) is 0 Å². The zero-order valence-electron chi connectivity index (χ0n) is 8.91. The number of rotatable bonds is 4. The smallest absolute Gasteiger partial charge is 0.224 e. The standard InChI is InChI=1S/C11H16ClN3/c1-2-9(8-4-3-5-8)14-10-6-7-13-11(12)15-10/h6-9H,2-5H2,1H3,(H,13,14,15).